The molecule has 1 heterocycles. The SMILES string of the molecule is COCCN1C(=O)[C@@H]2[C@H](C1=O)[C@@]1(Cl)C(Cl)=C(Cl)[C@@]2(Cl)C1(Cl)Cl. The summed E-state index contributed by atoms with van der Waals surface area (Å²) in [6.45, 7) is 0.261. The summed E-state index contributed by atoms with van der Waals surface area (Å²) in [6, 6.07) is 0. The average molecular weight is 428 g/mol. The van der Waals surface area contributed by atoms with Crippen molar-refractivity contribution in [2.75, 3.05) is 20.3 Å². The van der Waals surface area contributed by atoms with Gasteiger partial charge in [0.1, 0.15) is 9.75 Å². The molecule has 1 saturated carbocycles. The number of ether oxygens (including phenoxy) is 1. The van der Waals surface area contributed by atoms with Crippen molar-refractivity contribution >= 4 is 81.4 Å². The number of halogens is 6. The van der Waals surface area contributed by atoms with Crippen LogP contribution in [0, 0.1) is 11.8 Å². The minimum absolute atomic E-state index is 0.0773. The van der Waals surface area contributed by atoms with Crippen LogP contribution in [0.2, 0.25) is 0 Å². The number of hydrogen-bond donors (Lipinski definition) is 0. The summed E-state index contributed by atoms with van der Waals surface area (Å²) in [6.07, 6.45) is 0. The summed E-state index contributed by atoms with van der Waals surface area (Å²) in [5.74, 6) is -3.20. The van der Waals surface area contributed by atoms with Gasteiger partial charge in [-0.3, -0.25) is 14.5 Å². The third kappa shape index (κ3) is 1.58. The van der Waals surface area contributed by atoms with Crippen LogP contribution in [0.1, 0.15) is 0 Å². The van der Waals surface area contributed by atoms with Crippen molar-refractivity contribution in [2.24, 2.45) is 11.8 Å². The number of carbonyl (C=O) groups is 2. The molecule has 2 bridgehead atoms. The summed E-state index contributed by atoms with van der Waals surface area (Å²) < 4.78 is 3.01. The Morgan fingerprint density at radius 2 is 1.41 bits per heavy atom. The summed E-state index contributed by atoms with van der Waals surface area (Å²) in [5.41, 5.74) is 0. The van der Waals surface area contributed by atoms with Crippen molar-refractivity contribution in [3.63, 3.8) is 0 Å². The number of fused-ring (bicyclic) bond motifs is 5. The second kappa shape index (κ2) is 5.04. The molecule has 0 radical (unpaired) electrons. The Hall–Kier alpha value is 0.580. The standard InChI is InChI=1S/C12H9Cl6NO3/c1-22-3-2-19-8(20)4-5(9(19)21)11(16)7(14)6(13)10(4,15)12(11,17)18/h4-5H,2-3H2,1H3/t4-,5+,10-,11-/m1/s1. The van der Waals surface area contributed by atoms with E-state index in [4.69, 9.17) is 74.3 Å². The van der Waals surface area contributed by atoms with Crippen molar-refractivity contribution < 1.29 is 14.3 Å². The van der Waals surface area contributed by atoms with Gasteiger partial charge in [-0.25, -0.2) is 0 Å². The van der Waals surface area contributed by atoms with E-state index in [0.717, 1.165) is 4.90 Å². The molecule has 0 aromatic rings. The van der Waals surface area contributed by atoms with Gasteiger partial charge >= 0.3 is 0 Å². The number of nitrogens with zero attached hydrogens (tertiary/aromatic N) is 1. The molecule has 0 aromatic heterocycles. The molecule has 10 heteroatoms. The van der Waals surface area contributed by atoms with E-state index in [1.165, 1.54) is 7.11 Å². The van der Waals surface area contributed by atoms with Crippen LogP contribution in [0.5, 0.6) is 0 Å². The van der Waals surface area contributed by atoms with E-state index in [-0.39, 0.29) is 23.2 Å². The van der Waals surface area contributed by atoms with E-state index in [1.54, 1.807) is 0 Å². The highest BCUT2D eigenvalue weighted by atomic mass is 35.5. The van der Waals surface area contributed by atoms with Crippen molar-refractivity contribution in [3.8, 4) is 0 Å². The molecule has 1 saturated heterocycles. The van der Waals surface area contributed by atoms with Gasteiger partial charge in [0, 0.05) is 7.11 Å². The Balaban J connectivity index is 2.15. The quantitative estimate of drug-likeness (QED) is 0.513. The van der Waals surface area contributed by atoms with Crippen LogP contribution in [0.4, 0.5) is 0 Å². The number of amides is 2. The third-order valence-corrected chi connectivity index (χ3v) is 8.78. The van der Waals surface area contributed by atoms with Crippen LogP contribution in [0.3, 0.4) is 0 Å². The summed E-state index contributed by atoms with van der Waals surface area (Å²) in [7, 11) is 1.46. The van der Waals surface area contributed by atoms with E-state index in [1.807, 2.05) is 0 Å². The number of likely N-dealkylation sites (tertiary alicyclic amines) is 1. The smallest absolute Gasteiger partial charge is 0.235 e. The summed E-state index contributed by atoms with van der Waals surface area (Å²) in [4.78, 5) is 22.8. The molecule has 1 aliphatic heterocycles. The van der Waals surface area contributed by atoms with E-state index in [9.17, 15) is 9.59 Å². The molecule has 4 atom stereocenters. The van der Waals surface area contributed by atoms with Crippen LogP contribution in [-0.4, -0.2) is 51.1 Å². The highest BCUT2D eigenvalue weighted by Gasteiger charge is 2.87. The number of imide groups is 1. The maximum atomic E-state index is 12.6. The first-order valence-corrected chi connectivity index (χ1v) is 8.51. The van der Waals surface area contributed by atoms with E-state index < -0.39 is 37.7 Å². The predicted molar refractivity (Wildman–Crippen MR) is 85.9 cm³/mol. The van der Waals surface area contributed by atoms with Crippen LogP contribution in [-0.2, 0) is 14.3 Å². The van der Waals surface area contributed by atoms with Gasteiger partial charge in [-0.15, -0.1) is 23.2 Å². The Kier molecular flexibility index (Phi) is 3.99. The van der Waals surface area contributed by atoms with Gasteiger partial charge in [0.2, 0.25) is 11.8 Å². The molecule has 2 amide bonds. The van der Waals surface area contributed by atoms with Crippen LogP contribution in [0.25, 0.3) is 0 Å². The summed E-state index contributed by atoms with van der Waals surface area (Å²) in [5, 5.41) is -0.182. The number of methoxy groups -OCH3 is 1. The molecule has 0 unspecified atom stereocenters. The van der Waals surface area contributed by atoms with Gasteiger partial charge in [-0.05, 0) is 0 Å². The molecule has 122 valence electrons. The minimum atomic E-state index is -1.88. The fraction of sp³-hybridized carbons (Fsp3) is 0.667. The van der Waals surface area contributed by atoms with Gasteiger partial charge < -0.3 is 4.74 Å². The number of rotatable bonds is 3. The number of hydrogen-bond acceptors (Lipinski definition) is 3. The van der Waals surface area contributed by atoms with Crippen LogP contribution < -0.4 is 0 Å². The molecular weight excluding hydrogens is 419 g/mol. The third-order valence-electron chi connectivity index (χ3n) is 4.52. The Morgan fingerprint density at radius 1 is 1.00 bits per heavy atom. The highest BCUT2D eigenvalue weighted by Crippen LogP contribution is 2.77. The minimum Gasteiger partial charge on any atom is -0.383 e. The highest BCUT2D eigenvalue weighted by molar-refractivity contribution is 6.66. The topological polar surface area (TPSA) is 46.6 Å². The zero-order valence-corrected chi connectivity index (χ0v) is 15.5. The maximum Gasteiger partial charge on any atom is 0.235 e. The summed E-state index contributed by atoms with van der Waals surface area (Å²) >= 11 is 38.0. The number of carbonyl (C=O) groups excluding carboxylic acids is 2. The van der Waals surface area contributed by atoms with Crippen LogP contribution >= 0.6 is 69.6 Å². The zero-order chi connectivity index (χ0) is 16.7. The largest absolute Gasteiger partial charge is 0.383 e. The number of alkyl halides is 4. The molecule has 3 rings (SSSR count). The fourth-order valence-corrected chi connectivity index (χ4v) is 6.38. The van der Waals surface area contributed by atoms with Gasteiger partial charge in [-0.2, -0.15) is 0 Å². The van der Waals surface area contributed by atoms with Gasteiger partial charge in [-0.1, -0.05) is 46.4 Å². The molecule has 3 aliphatic rings. The molecule has 0 N–H and O–H groups in total. The first-order chi connectivity index (χ1) is 10.1. The average Bonchev–Trinajstić information content (AvgIpc) is 2.83. The Bertz CT molecular complexity index is 576. The molecule has 22 heavy (non-hydrogen) atoms. The first-order valence-electron chi connectivity index (χ1n) is 6.24. The normalized spacial score (nSPS) is 42.6. The Labute approximate surface area is 156 Å². The van der Waals surface area contributed by atoms with Crippen molar-refractivity contribution in [1.29, 1.82) is 0 Å². The molecule has 0 spiro atoms. The van der Waals surface area contributed by atoms with E-state index in [2.05, 4.69) is 0 Å². The number of allylic oxidation sites excluding steroid dienone is 2. The second-order valence-corrected chi connectivity index (χ2v) is 8.68. The van der Waals surface area contributed by atoms with Gasteiger partial charge in [0.25, 0.3) is 0 Å². The lowest BCUT2D eigenvalue weighted by atomic mass is 9.84. The fourth-order valence-electron chi connectivity index (χ4n) is 3.46. The molecule has 2 fully saturated rings. The Morgan fingerprint density at radius 3 is 1.77 bits per heavy atom. The lowest BCUT2D eigenvalue weighted by Crippen LogP contribution is -2.50. The van der Waals surface area contributed by atoms with E-state index in [0.29, 0.717) is 0 Å². The molecule has 2 aliphatic carbocycles. The molecule has 4 nitrogen and oxygen atoms in total. The monoisotopic (exact) mass is 425 g/mol. The molecule has 0 aromatic carbocycles. The first kappa shape index (κ1) is 17.4. The van der Waals surface area contributed by atoms with Crippen molar-refractivity contribution in [1.82, 2.24) is 4.90 Å². The lowest BCUT2D eigenvalue weighted by Gasteiger charge is -2.34. The van der Waals surface area contributed by atoms with Crippen molar-refractivity contribution in [2.45, 2.75) is 14.1 Å². The second-order valence-electron chi connectivity index (χ2n) is 5.40. The zero-order valence-electron chi connectivity index (χ0n) is 11.0. The molecular formula is C12H9Cl6NO3. The lowest BCUT2D eigenvalue weighted by molar-refractivity contribution is -0.141. The van der Waals surface area contributed by atoms with Gasteiger partial charge in [0.15, 0.2) is 4.33 Å². The van der Waals surface area contributed by atoms with E-state index >= 15 is 0 Å². The predicted octanol–water partition coefficient (Wildman–Crippen LogP) is 3.08. The maximum absolute atomic E-state index is 12.6. The van der Waals surface area contributed by atoms with Gasteiger partial charge in [0.05, 0.1) is 35.1 Å². The van der Waals surface area contributed by atoms with Crippen LogP contribution in [0.15, 0.2) is 10.1 Å². The van der Waals surface area contributed by atoms with Crippen molar-refractivity contribution in [3.05, 3.63) is 10.1 Å².